The van der Waals surface area contributed by atoms with Gasteiger partial charge < -0.3 is 15.1 Å². The van der Waals surface area contributed by atoms with Gasteiger partial charge >= 0.3 is 0 Å². The second-order valence-corrected chi connectivity index (χ2v) is 6.24. The highest BCUT2D eigenvalue weighted by Gasteiger charge is 2.23. The van der Waals surface area contributed by atoms with E-state index in [1.165, 1.54) is 6.26 Å². The highest BCUT2D eigenvalue weighted by molar-refractivity contribution is 6.00. The van der Waals surface area contributed by atoms with E-state index in [1.807, 2.05) is 54.6 Å². The number of furan rings is 1. The zero-order valence-electron chi connectivity index (χ0n) is 15.1. The highest BCUT2D eigenvalue weighted by Crippen LogP contribution is 2.13. The molecule has 1 aromatic heterocycles. The topological polar surface area (TPSA) is 71.3 Å². The van der Waals surface area contributed by atoms with Crippen LogP contribution in [0.2, 0.25) is 0 Å². The Labute approximate surface area is 158 Å². The Morgan fingerprint density at radius 1 is 0.963 bits per heavy atom. The monoisotopic (exact) mass is 362 g/mol. The SMILES string of the molecule is CCc1cccc(NC(=O)C(Cc2ccccc2)NC(=O)c2ccco2)c1. The molecule has 0 fully saturated rings. The number of amides is 2. The third-order valence-corrected chi connectivity index (χ3v) is 4.25. The van der Waals surface area contributed by atoms with Gasteiger partial charge in [-0.1, -0.05) is 49.4 Å². The van der Waals surface area contributed by atoms with Crippen molar-refractivity contribution in [2.45, 2.75) is 25.8 Å². The molecule has 5 heteroatoms. The van der Waals surface area contributed by atoms with E-state index in [2.05, 4.69) is 17.6 Å². The molecule has 1 unspecified atom stereocenters. The maximum absolute atomic E-state index is 12.9. The first-order valence-electron chi connectivity index (χ1n) is 8.94. The lowest BCUT2D eigenvalue weighted by Gasteiger charge is -2.18. The van der Waals surface area contributed by atoms with Crippen LogP contribution in [0.5, 0.6) is 0 Å². The summed E-state index contributed by atoms with van der Waals surface area (Å²) in [4.78, 5) is 25.2. The summed E-state index contributed by atoms with van der Waals surface area (Å²) < 4.78 is 5.13. The number of hydrogen-bond acceptors (Lipinski definition) is 3. The molecule has 1 atom stereocenters. The minimum Gasteiger partial charge on any atom is -0.459 e. The van der Waals surface area contributed by atoms with Gasteiger partial charge in [-0.2, -0.15) is 0 Å². The summed E-state index contributed by atoms with van der Waals surface area (Å²) >= 11 is 0. The summed E-state index contributed by atoms with van der Waals surface area (Å²) in [5.41, 5.74) is 2.80. The summed E-state index contributed by atoms with van der Waals surface area (Å²) in [5.74, 6) is -0.515. The Kier molecular flexibility index (Phi) is 6.05. The normalized spacial score (nSPS) is 11.6. The van der Waals surface area contributed by atoms with Gasteiger partial charge in [0.1, 0.15) is 6.04 Å². The number of nitrogens with one attached hydrogen (secondary N) is 2. The summed E-state index contributed by atoms with van der Waals surface area (Å²) in [6, 6.07) is 19.7. The van der Waals surface area contributed by atoms with E-state index in [0.717, 1.165) is 17.5 Å². The molecule has 0 bridgehead atoms. The van der Waals surface area contributed by atoms with E-state index in [1.54, 1.807) is 12.1 Å². The lowest BCUT2D eigenvalue weighted by molar-refractivity contribution is -0.118. The fraction of sp³-hybridized carbons (Fsp3) is 0.182. The highest BCUT2D eigenvalue weighted by atomic mass is 16.3. The van der Waals surface area contributed by atoms with Crippen molar-refractivity contribution in [1.82, 2.24) is 5.32 Å². The van der Waals surface area contributed by atoms with E-state index in [4.69, 9.17) is 4.42 Å². The number of carbonyl (C=O) groups excluding carboxylic acids is 2. The van der Waals surface area contributed by atoms with Crippen LogP contribution < -0.4 is 10.6 Å². The van der Waals surface area contributed by atoms with E-state index in [0.29, 0.717) is 12.1 Å². The minimum absolute atomic E-state index is 0.175. The van der Waals surface area contributed by atoms with Gasteiger partial charge in [-0.25, -0.2) is 0 Å². The molecular formula is C22H22N2O3. The Morgan fingerprint density at radius 3 is 2.44 bits per heavy atom. The number of hydrogen-bond donors (Lipinski definition) is 2. The van der Waals surface area contributed by atoms with Crippen LogP contribution in [-0.4, -0.2) is 17.9 Å². The largest absolute Gasteiger partial charge is 0.459 e. The fourth-order valence-electron chi connectivity index (χ4n) is 2.79. The second-order valence-electron chi connectivity index (χ2n) is 6.24. The molecule has 0 aliphatic carbocycles. The van der Waals surface area contributed by atoms with Gasteiger partial charge in [0, 0.05) is 12.1 Å². The first-order chi connectivity index (χ1) is 13.2. The van der Waals surface area contributed by atoms with Gasteiger partial charge in [0.15, 0.2) is 5.76 Å². The quantitative estimate of drug-likeness (QED) is 0.671. The average Bonchev–Trinajstić information content (AvgIpc) is 3.23. The zero-order valence-corrected chi connectivity index (χ0v) is 15.1. The Morgan fingerprint density at radius 2 is 1.74 bits per heavy atom. The van der Waals surface area contributed by atoms with Gasteiger partial charge in [0.25, 0.3) is 5.91 Å². The maximum atomic E-state index is 12.9. The summed E-state index contributed by atoms with van der Waals surface area (Å²) in [6.07, 6.45) is 2.69. The molecule has 0 radical (unpaired) electrons. The molecule has 138 valence electrons. The predicted molar refractivity (Wildman–Crippen MR) is 105 cm³/mol. The molecule has 1 heterocycles. The molecule has 3 rings (SSSR count). The van der Waals surface area contributed by atoms with E-state index < -0.39 is 11.9 Å². The van der Waals surface area contributed by atoms with Crippen molar-refractivity contribution < 1.29 is 14.0 Å². The van der Waals surface area contributed by atoms with Crippen molar-refractivity contribution in [3.63, 3.8) is 0 Å². The summed E-state index contributed by atoms with van der Waals surface area (Å²) in [5, 5.41) is 5.68. The summed E-state index contributed by atoms with van der Waals surface area (Å²) in [6.45, 7) is 2.06. The second kappa shape index (κ2) is 8.85. The summed E-state index contributed by atoms with van der Waals surface area (Å²) in [7, 11) is 0. The first kappa shape index (κ1) is 18.5. The smallest absolute Gasteiger partial charge is 0.287 e. The van der Waals surface area contributed by atoms with Gasteiger partial charge in [0.05, 0.1) is 6.26 Å². The fourth-order valence-corrected chi connectivity index (χ4v) is 2.79. The van der Waals surface area contributed by atoms with Crippen molar-refractivity contribution in [2.24, 2.45) is 0 Å². The van der Waals surface area contributed by atoms with Gasteiger partial charge in [-0.05, 0) is 41.8 Å². The molecule has 0 spiro atoms. The molecule has 3 aromatic rings. The number of anilines is 1. The van der Waals surface area contributed by atoms with E-state index in [-0.39, 0.29) is 11.7 Å². The minimum atomic E-state index is -0.727. The first-order valence-corrected chi connectivity index (χ1v) is 8.94. The standard InChI is InChI=1S/C22H22N2O3/c1-2-16-10-6-11-18(14-16)23-21(25)19(15-17-8-4-3-5-9-17)24-22(26)20-12-7-13-27-20/h3-14,19H,2,15H2,1H3,(H,23,25)(H,24,26). The van der Waals surface area contributed by atoms with Crippen molar-refractivity contribution in [3.05, 3.63) is 89.9 Å². The number of benzene rings is 2. The Hall–Kier alpha value is -3.34. The van der Waals surface area contributed by atoms with E-state index in [9.17, 15) is 9.59 Å². The number of aryl methyl sites for hydroxylation is 1. The molecule has 2 amide bonds. The number of carbonyl (C=O) groups is 2. The molecule has 27 heavy (non-hydrogen) atoms. The van der Waals surface area contributed by atoms with Crippen molar-refractivity contribution >= 4 is 17.5 Å². The van der Waals surface area contributed by atoms with Crippen molar-refractivity contribution in [3.8, 4) is 0 Å². The van der Waals surface area contributed by atoms with Gasteiger partial charge in [-0.15, -0.1) is 0 Å². The van der Waals surface area contributed by atoms with Crippen LogP contribution in [0.25, 0.3) is 0 Å². The lowest BCUT2D eigenvalue weighted by atomic mass is 10.0. The molecular weight excluding hydrogens is 340 g/mol. The van der Waals surface area contributed by atoms with Crippen molar-refractivity contribution in [1.29, 1.82) is 0 Å². The van der Waals surface area contributed by atoms with Crippen LogP contribution in [-0.2, 0) is 17.6 Å². The molecule has 0 aliphatic rings. The molecule has 0 aliphatic heterocycles. The van der Waals surface area contributed by atoms with Crippen LogP contribution in [0.4, 0.5) is 5.69 Å². The third-order valence-electron chi connectivity index (χ3n) is 4.25. The van der Waals surface area contributed by atoms with Gasteiger partial charge in [0.2, 0.25) is 5.91 Å². The van der Waals surface area contributed by atoms with Gasteiger partial charge in [-0.3, -0.25) is 9.59 Å². The lowest BCUT2D eigenvalue weighted by Crippen LogP contribution is -2.45. The molecule has 0 saturated heterocycles. The van der Waals surface area contributed by atoms with Crippen LogP contribution >= 0.6 is 0 Å². The van der Waals surface area contributed by atoms with Crippen molar-refractivity contribution in [2.75, 3.05) is 5.32 Å². The van der Waals surface area contributed by atoms with Crippen LogP contribution in [0, 0.1) is 0 Å². The Balaban J connectivity index is 1.77. The van der Waals surface area contributed by atoms with Crippen LogP contribution in [0.1, 0.15) is 28.6 Å². The maximum Gasteiger partial charge on any atom is 0.287 e. The average molecular weight is 362 g/mol. The van der Waals surface area contributed by atoms with Crippen LogP contribution in [0.15, 0.2) is 77.4 Å². The zero-order chi connectivity index (χ0) is 19.1. The molecule has 2 aromatic carbocycles. The van der Waals surface area contributed by atoms with Crippen LogP contribution in [0.3, 0.4) is 0 Å². The third kappa shape index (κ3) is 5.07. The molecule has 0 saturated carbocycles. The Bertz CT molecular complexity index is 889. The predicted octanol–water partition coefficient (Wildman–Crippen LogP) is 3.82. The number of rotatable bonds is 7. The van der Waals surface area contributed by atoms with E-state index >= 15 is 0 Å². The molecule has 5 nitrogen and oxygen atoms in total. The molecule has 2 N–H and O–H groups in total.